The molecule has 1 fully saturated rings. The molecule has 4 rings (SSSR count). The Labute approximate surface area is 168 Å². The summed E-state index contributed by atoms with van der Waals surface area (Å²) in [5.41, 5.74) is 5.40. The molecule has 1 aromatic carbocycles. The first-order chi connectivity index (χ1) is 13.0. The zero-order valence-electron chi connectivity index (χ0n) is 16.1. The molecular formula is C21H23N3OS2. The van der Waals surface area contributed by atoms with Crippen LogP contribution in [0.15, 0.2) is 28.7 Å². The third kappa shape index (κ3) is 3.48. The number of carbonyl (C=O) groups excluding carboxylic acids is 1. The summed E-state index contributed by atoms with van der Waals surface area (Å²) < 4.78 is 2.23. The van der Waals surface area contributed by atoms with Gasteiger partial charge in [-0.3, -0.25) is 9.36 Å². The number of carbonyl (C=O) groups is 1. The lowest BCUT2D eigenvalue weighted by molar-refractivity contribution is 0.102. The highest BCUT2D eigenvalue weighted by Gasteiger charge is 2.30. The van der Waals surface area contributed by atoms with Crippen LogP contribution in [0, 0.1) is 27.7 Å². The minimum absolute atomic E-state index is 0.171. The average molecular weight is 398 g/mol. The van der Waals surface area contributed by atoms with E-state index < -0.39 is 0 Å². The van der Waals surface area contributed by atoms with E-state index in [9.17, 15) is 4.79 Å². The lowest BCUT2D eigenvalue weighted by Gasteiger charge is -2.14. The van der Waals surface area contributed by atoms with Gasteiger partial charge < -0.3 is 0 Å². The van der Waals surface area contributed by atoms with Gasteiger partial charge in [0.2, 0.25) is 0 Å². The van der Waals surface area contributed by atoms with Gasteiger partial charge in [-0.15, -0.1) is 21.5 Å². The van der Waals surface area contributed by atoms with Crippen LogP contribution in [-0.4, -0.2) is 26.3 Å². The quantitative estimate of drug-likeness (QED) is 0.404. The third-order valence-corrected chi connectivity index (χ3v) is 7.10. The van der Waals surface area contributed by atoms with Gasteiger partial charge >= 0.3 is 0 Å². The highest BCUT2D eigenvalue weighted by atomic mass is 32.2. The van der Waals surface area contributed by atoms with Gasteiger partial charge in [-0.05, 0) is 74.2 Å². The first-order valence-electron chi connectivity index (χ1n) is 9.19. The first kappa shape index (κ1) is 18.4. The van der Waals surface area contributed by atoms with Crippen LogP contribution in [0.3, 0.4) is 0 Å². The first-order valence-corrected chi connectivity index (χ1v) is 11.1. The van der Waals surface area contributed by atoms with Gasteiger partial charge in [-0.25, -0.2) is 0 Å². The van der Waals surface area contributed by atoms with Crippen LogP contribution in [0.4, 0.5) is 0 Å². The van der Waals surface area contributed by atoms with E-state index in [0.29, 0.717) is 11.8 Å². The maximum Gasteiger partial charge on any atom is 0.192 e. The predicted molar refractivity (Wildman–Crippen MR) is 112 cm³/mol. The molecule has 0 saturated heterocycles. The number of thioether (sulfide) groups is 1. The van der Waals surface area contributed by atoms with Crippen molar-refractivity contribution >= 4 is 28.9 Å². The summed E-state index contributed by atoms with van der Waals surface area (Å²) in [6.07, 6.45) is 2.32. The summed E-state index contributed by atoms with van der Waals surface area (Å²) in [5.74, 6) is 1.49. The third-order valence-electron chi connectivity index (χ3n) is 5.30. The highest BCUT2D eigenvalue weighted by Crippen LogP contribution is 2.41. The summed E-state index contributed by atoms with van der Waals surface area (Å²) in [6.45, 7) is 8.23. The lowest BCUT2D eigenvalue weighted by atomic mass is 9.92. The molecule has 0 radical (unpaired) electrons. The Kier molecular flexibility index (Phi) is 4.95. The number of hydrogen-bond acceptors (Lipinski definition) is 5. The normalized spacial score (nSPS) is 13.9. The summed E-state index contributed by atoms with van der Waals surface area (Å²) >= 11 is 3.19. The standard InChI is InChI=1S/C21H23N3OS2/c1-12-10-13(2)15(4)19(14(12)3)17(25)11-27-21-23-22-20(18-6-5-9-26-18)24(21)16-7-8-16/h5-6,9-10,16H,7-8,11H2,1-4H3. The summed E-state index contributed by atoms with van der Waals surface area (Å²) in [5, 5.41) is 11.7. The van der Waals surface area contributed by atoms with E-state index in [2.05, 4.69) is 46.1 Å². The Morgan fingerprint density at radius 1 is 1.19 bits per heavy atom. The fraction of sp³-hybridized carbons (Fsp3) is 0.381. The van der Waals surface area contributed by atoms with E-state index >= 15 is 0 Å². The smallest absolute Gasteiger partial charge is 0.192 e. The molecule has 4 nitrogen and oxygen atoms in total. The molecule has 6 heteroatoms. The number of ketones is 1. The monoisotopic (exact) mass is 397 g/mol. The number of hydrogen-bond donors (Lipinski definition) is 0. The predicted octanol–water partition coefficient (Wildman–Crippen LogP) is 5.55. The molecule has 0 aliphatic heterocycles. The van der Waals surface area contributed by atoms with Crippen molar-refractivity contribution in [1.29, 1.82) is 0 Å². The molecule has 1 saturated carbocycles. The Hall–Kier alpha value is -1.92. The molecule has 0 spiro atoms. The minimum atomic E-state index is 0.171. The summed E-state index contributed by atoms with van der Waals surface area (Å²) in [6, 6.07) is 6.74. The molecule has 140 valence electrons. The summed E-state index contributed by atoms with van der Waals surface area (Å²) in [4.78, 5) is 14.2. The average Bonchev–Trinajstić information content (AvgIpc) is 3.17. The second-order valence-electron chi connectivity index (χ2n) is 7.23. The lowest BCUT2D eigenvalue weighted by Crippen LogP contribution is -2.10. The molecule has 1 aliphatic rings. The molecule has 2 heterocycles. The molecule has 0 unspecified atom stereocenters. The fourth-order valence-corrected chi connectivity index (χ4v) is 5.03. The van der Waals surface area contributed by atoms with Crippen LogP contribution < -0.4 is 0 Å². The maximum absolute atomic E-state index is 13.0. The molecule has 27 heavy (non-hydrogen) atoms. The van der Waals surface area contributed by atoms with Gasteiger partial charge in [0.1, 0.15) is 0 Å². The maximum atomic E-state index is 13.0. The minimum Gasteiger partial charge on any atom is -0.298 e. The van der Waals surface area contributed by atoms with E-state index in [4.69, 9.17) is 0 Å². The Morgan fingerprint density at radius 2 is 1.89 bits per heavy atom. The van der Waals surface area contributed by atoms with Crippen molar-refractivity contribution in [3.05, 3.63) is 51.4 Å². The van der Waals surface area contributed by atoms with Crippen molar-refractivity contribution in [2.45, 2.75) is 51.7 Å². The Morgan fingerprint density at radius 3 is 2.48 bits per heavy atom. The topological polar surface area (TPSA) is 47.8 Å². The number of nitrogens with zero attached hydrogens (tertiary/aromatic N) is 3. The van der Waals surface area contributed by atoms with Crippen LogP contribution >= 0.6 is 23.1 Å². The molecular weight excluding hydrogens is 374 g/mol. The van der Waals surface area contributed by atoms with Crippen molar-refractivity contribution in [2.75, 3.05) is 5.75 Å². The van der Waals surface area contributed by atoms with Gasteiger partial charge in [0.15, 0.2) is 16.8 Å². The number of aromatic nitrogens is 3. The van der Waals surface area contributed by atoms with E-state index in [1.54, 1.807) is 11.3 Å². The van der Waals surface area contributed by atoms with Gasteiger partial charge in [0, 0.05) is 11.6 Å². The van der Waals surface area contributed by atoms with Crippen LogP contribution in [0.5, 0.6) is 0 Å². The molecule has 0 atom stereocenters. The zero-order chi connectivity index (χ0) is 19.1. The van der Waals surface area contributed by atoms with Crippen molar-refractivity contribution in [2.24, 2.45) is 0 Å². The fourth-order valence-electron chi connectivity index (χ4n) is 3.45. The SMILES string of the molecule is Cc1cc(C)c(C)c(C(=O)CSc2nnc(-c3cccs3)n2C2CC2)c1C. The Bertz CT molecular complexity index is 975. The van der Waals surface area contributed by atoms with Crippen molar-refractivity contribution in [3.63, 3.8) is 0 Å². The van der Waals surface area contributed by atoms with Crippen molar-refractivity contribution < 1.29 is 4.79 Å². The molecule has 0 amide bonds. The van der Waals surface area contributed by atoms with Crippen molar-refractivity contribution in [3.8, 4) is 10.7 Å². The van der Waals surface area contributed by atoms with Crippen LogP contribution in [0.2, 0.25) is 0 Å². The molecule has 1 aliphatic carbocycles. The molecule has 2 aromatic heterocycles. The van der Waals surface area contributed by atoms with Gasteiger partial charge in [0.25, 0.3) is 0 Å². The number of thiophene rings is 1. The van der Waals surface area contributed by atoms with Crippen LogP contribution in [0.1, 0.15) is 51.5 Å². The molecule has 0 N–H and O–H groups in total. The number of Topliss-reactive ketones (excluding diaryl/α,β-unsaturated/α-hetero) is 1. The largest absolute Gasteiger partial charge is 0.298 e. The van der Waals surface area contributed by atoms with Gasteiger partial charge in [0.05, 0.1) is 10.6 Å². The zero-order valence-corrected chi connectivity index (χ0v) is 17.7. The van der Waals surface area contributed by atoms with Gasteiger partial charge in [-0.2, -0.15) is 0 Å². The Balaban J connectivity index is 1.59. The number of aryl methyl sites for hydroxylation is 2. The van der Waals surface area contributed by atoms with Gasteiger partial charge in [-0.1, -0.05) is 23.9 Å². The van der Waals surface area contributed by atoms with E-state index in [1.165, 1.54) is 22.9 Å². The number of benzene rings is 1. The van der Waals surface area contributed by atoms with E-state index in [1.807, 2.05) is 19.9 Å². The highest BCUT2D eigenvalue weighted by molar-refractivity contribution is 7.99. The summed E-state index contributed by atoms with van der Waals surface area (Å²) in [7, 11) is 0. The second-order valence-corrected chi connectivity index (χ2v) is 9.12. The molecule has 3 aromatic rings. The van der Waals surface area contributed by atoms with Crippen LogP contribution in [-0.2, 0) is 0 Å². The second kappa shape index (κ2) is 7.24. The van der Waals surface area contributed by atoms with Crippen molar-refractivity contribution in [1.82, 2.24) is 14.8 Å². The van der Waals surface area contributed by atoms with Crippen LogP contribution in [0.25, 0.3) is 10.7 Å². The van der Waals surface area contributed by atoms with E-state index in [0.717, 1.165) is 45.4 Å². The number of rotatable bonds is 6. The molecule has 0 bridgehead atoms. The van der Waals surface area contributed by atoms with E-state index in [-0.39, 0.29) is 5.78 Å².